The van der Waals surface area contributed by atoms with Crippen LogP contribution in [0.4, 0.5) is 4.79 Å². The summed E-state index contributed by atoms with van der Waals surface area (Å²) in [5.74, 6) is 0.573. The zero-order chi connectivity index (χ0) is 15.5. The van der Waals surface area contributed by atoms with Crippen molar-refractivity contribution in [2.24, 2.45) is 0 Å². The molecule has 2 N–H and O–H groups in total. The van der Waals surface area contributed by atoms with E-state index in [0.717, 1.165) is 18.4 Å². The van der Waals surface area contributed by atoms with Crippen molar-refractivity contribution >= 4 is 6.03 Å². The Kier molecular flexibility index (Phi) is 8.24. The molecule has 5 nitrogen and oxygen atoms in total. The second kappa shape index (κ2) is 10.0. The summed E-state index contributed by atoms with van der Waals surface area (Å²) < 4.78 is 4.99. The van der Waals surface area contributed by atoms with Crippen LogP contribution in [-0.4, -0.2) is 24.2 Å². The van der Waals surface area contributed by atoms with Crippen molar-refractivity contribution in [1.82, 2.24) is 15.6 Å². The summed E-state index contributed by atoms with van der Waals surface area (Å²) in [7, 11) is 1.58. The molecule has 0 bridgehead atoms. The molecule has 0 radical (unpaired) electrons. The normalized spacial score (nSPS) is 11.8. The van der Waals surface area contributed by atoms with Gasteiger partial charge >= 0.3 is 6.03 Å². The summed E-state index contributed by atoms with van der Waals surface area (Å²) in [6, 6.07) is 3.75. The highest BCUT2D eigenvalue weighted by atomic mass is 16.5. The second-order valence-electron chi connectivity index (χ2n) is 5.29. The number of amides is 2. The molecule has 1 rings (SSSR count). The van der Waals surface area contributed by atoms with Crippen LogP contribution in [0, 0.1) is 0 Å². The molecule has 0 aromatic carbocycles. The molecule has 21 heavy (non-hydrogen) atoms. The molecule has 118 valence electrons. The van der Waals surface area contributed by atoms with Crippen LogP contribution in [-0.2, 0) is 6.54 Å². The van der Waals surface area contributed by atoms with Gasteiger partial charge in [-0.05, 0) is 18.9 Å². The Bertz CT molecular complexity index is 406. The Labute approximate surface area is 127 Å². The van der Waals surface area contributed by atoms with Gasteiger partial charge in [0.2, 0.25) is 5.88 Å². The molecular formula is C16H27N3O2. The molecule has 0 aliphatic rings. The van der Waals surface area contributed by atoms with Crippen LogP contribution in [0.25, 0.3) is 0 Å². The van der Waals surface area contributed by atoms with Crippen molar-refractivity contribution in [3.05, 3.63) is 23.9 Å². The van der Waals surface area contributed by atoms with Gasteiger partial charge in [-0.2, -0.15) is 0 Å². The Balaban J connectivity index is 2.20. The molecule has 1 aromatic heterocycles. The van der Waals surface area contributed by atoms with Crippen molar-refractivity contribution < 1.29 is 9.53 Å². The Morgan fingerprint density at radius 3 is 2.76 bits per heavy atom. The third-order valence-electron chi connectivity index (χ3n) is 3.33. The van der Waals surface area contributed by atoms with E-state index in [0.29, 0.717) is 12.4 Å². The van der Waals surface area contributed by atoms with Crippen LogP contribution >= 0.6 is 0 Å². The highest BCUT2D eigenvalue weighted by molar-refractivity contribution is 5.74. The zero-order valence-corrected chi connectivity index (χ0v) is 13.3. The number of carbonyl (C=O) groups is 1. The zero-order valence-electron chi connectivity index (χ0n) is 13.3. The molecule has 0 saturated heterocycles. The SMILES string of the molecule is CCCCCC[C@@H](C)NC(=O)NCc1ccc(OC)nc1. The van der Waals surface area contributed by atoms with Gasteiger partial charge in [-0.25, -0.2) is 9.78 Å². The number of pyridine rings is 1. The number of rotatable bonds is 9. The smallest absolute Gasteiger partial charge is 0.315 e. The number of hydrogen-bond donors (Lipinski definition) is 2. The molecule has 0 unspecified atom stereocenters. The second-order valence-corrected chi connectivity index (χ2v) is 5.29. The van der Waals surface area contributed by atoms with Crippen LogP contribution in [0.15, 0.2) is 18.3 Å². The number of carbonyl (C=O) groups excluding carboxylic acids is 1. The average Bonchev–Trinajstić information content (AvgIpc) is 2.50. The maximum absolute atomic E-state index is 11.8. The van der Waals surface area contributed by atoms with Gasteiger partial charge < -0.3 is 15.4 Å². The summed E-state index contributed by atoms with van der Waals surface area (Å²) >= 11 is 0. The number of ether oxygens (including phenoxy) is 1. The van der Waals surface area contributed by atoms with E-state index in [2.05, 4.69) is 22.5 Å². The van der Waals surface area contributed by atoms with E-state index < -0.39 is 0 Å². The number of nitrogens with one attached hydrogen (secondary N) is 2. The van der Waals surface area contributed by atoms with E-state index in [-0.39, 0.29) is 12.1 Å². The number of urea groups is 1. The highest BCUT2D eigenvalue weighted by Gasteiger charge is 2.06. The van der Waals surface area contributed by atoms with Crippen molar-refractivity contribution in [1.29, 1.82) is 0 Å². The van der Waals surface area contributed by atoms with Gasteiger partial charge in [0, 0.05) is 24.8 Å². The minimum absolute atomic E-state index is 0.131. The number of methoxy groups -OCH3 is 1. The Morgan fingerprint density at radius 1 is 1.33 bits per heavy atom. The molecule has 1 atom stereocenters. The van der Waals surface area contributed by atoms with Gasteiger partial charge in [0.05, 0.1) is 7.11 Å². The van der Waals surface area contributed by atoms with Crippen LogP contribution in [0.5, 0.6) is 5.88 Å². The lowest BCUT2D eigenvalue weighted by Gasteiger charge is -2.14. The molecule has 0 aliphatic heterocycles. The molecule has 1 aromatic rings. The topological polar surface area (TPSA) is 63.2 Å². The van der Waals surface area contributed by atoms with Crippen molar-refractivity contribution in [2.75, 3.05) is 7.11 Å². The van der Waals surface area contributed by atoms with Gasteiger partial charge in [-0.15, -0.1) is 0 Å². The summed E-state index contributed by atoms with van der Waals surface area (Å²) in [6.45, 7) is 4.70. The van der Waals surface area contributed by atoms with Gasteiger partial charge in [0.15, 0.2) is 0 Å². The summed E-state index contributed by atoms with van der Waals surface area (Å²) in [4.78, 5) is 15.9. The first-order valence-corrected chi connectivity index (χ1v) is 7.69. The van der Waals surface area contributed by atoms with Crippen molar-refractivity contribution in [2.45, 2.75) is 58.5 Å². The van der Waals surface area contributed by atoms with E-state index in [9.17, 15) is 4.79 Å². The number of hydrogen-bond acceptors (Lipinski definition) is 3. The van der Waals surface area contributed by atoms with Crippen LogP contribution in [0.2, 0.25) is 0 Å². The fourth-order valence-corrected chi connectivity index (χ4v) is 2.04. The van der Waals surface area contributed by atoms with Gasteiger partial charge in [-0.3, -0.25) is 0 Å². The van der Waals surface area contributed by atoms with E-state index in [1.165, 1.54) is 19.3 Å². The molecular weight excluding hydrogens is 266 g/mol. The quantitative estimate of drug-likeness (QED) is 0.687. The van der Waals surface area contributed by atoms with Gasteiger partial charge in [0.1, 0.15) is 0 Å². The number of nitrogens with zero attached hydrogens (tertiary/aromatic N) is 1. The standard InChI is InChI=1S/C16H27N3O2/c1-4-5-6-7-8-13(2)19-16(20)18-12-14-9-10-15(21-3)17-11-14/h9-11,13H,4-8,12H2,1-3H3,(H2,18,19,20)/t13-/m1/s1. The molecule has 2 amide bonds. The van der Waals surface area contributed by atoms with Crippen LogP contribution in [0.3, 0.4) is 0 Å². The molecule has 1 heterocycles. The predicted molar refractivity (Wildman–Crippen MR) is 84.4 cm³/mol. The molecule has 0 saturated carbocycles. The Hall–Kier alpha value is -1.78. The summed E-state index contributed by atoms with van der Waals surface area (Å²) in [5.41, 5.74) is 0.946. The van der Waals surface area contributed by atoms with E-state index in [1.807, 2.05) is 13.0 Å². The number of aromatic nitrogens is 1. The fourth-order valence-electron chi connectivity index (χ4n) is 2.04. The minimum atomic E-state index is -0.131. The van der Waals surface area contributed by atoms with E-state index in [1.54, 1.807) is 19.4 Å². The summed E-state index contributed by atoms with van der Waals surface area (Å²) in [5, 5.41) is 5.79. The van der Waals surface area contributed by atoms with Crippen molar-refractivity contribution in [3.63, 3.8) is 0 Å². The molecule has 5 heteroatoms. The minimum Gasteiger partial charge on any atom is -0.481 e. The number of unbranched alkanes of at least 4 members (excludes halogenated alkanes) is 3. The predicted octanol–water partition coefficient (Wildman–Crippen LogP) is 3.25. The Morgan fingerprint density at radius 2 is 2.14 bits per heavy atom. The van der Waals surface area contributed by atoms with E-state index in [4.69, 9.17) is 4.74 Å². The molecule has 0 fully saturated rings. The van der Waals surface area contributed by atoms with Gasteiger partial charge in [0.25, 0.3) is 0 Å². The average molecular weight is 293 g/mol. The maximum atomic E-state index is 11.8. The van der Waals surface area contributed by atoms with Gasteiger partial charge in [-0.1, -0.05) is 38.7 Å². The first-order valence-electron chi connectivity index (χ1n) is 7.69. The third-order valence-corrected chi connectivity index (χ3v) is 3.33. The lowest BCUT2D eigenvalue weighted by molar-refractivity contribution is 0.236. The first-order chi connectivity index (χ1) is 10.2. The van der Waals surface area contributed by atoms with Crippen molar-refractivity contribution in [3.8, 4) is 5.88 Å². The third kappa shape index (κ3) is 7.54. The van der Waals surface area contributed by atoms with Crippen LogP contribution in [0.1, 0.15) is 51.5 Å². The molecule has 0 aliphatic carbocycles. The lowest BCUT2D eigenvalue weighted by atomic mass is 10.1. The monoisotopic (exact) mass is 293 g/mol. The lowest BCUT2D eigenvalue weighted by Crippen LogP contribution is -2.40. The van der Waals surface area contributed by atoms with E-state index >= 15 is 0 Å². The fraction of sp³-hybridized carbons (Fsp3) is 0.625. The molecule has 0 spiro atoms. The van der Waals surface area contributed by atoms with Crippen LogP contribution < -0.4 is 15.4 Å². The first kappa shape index (κ1) is 17.3. The summed E-state index contributed by atoms with van der Waals surface area (Å²) in [6.07, 6.45) is 7.63. The largest absolute Gasteiger partial charge is 0.481 e. The highest BCUT2D eigenvalue weighted by Crippen LogP contribution is 2.07. The maximum Gasteiger partial charge on any atom is 0.315 e.